The third kappa shape index (κ3) is 5.16. The van der Waals surface area contributed by atoms with Crippen LogP contribution < -0.4 is 10.6 Å². The quantitative estimate of drug-likeness (QED) is 0.789. The predicted octanol–water partition coefficient (Wildman–Crippen LogP) is 3.28. The number of carbonyl (C=O) groups is 1. The van der Waals surface area contributed by atoms with E-state index >= 15 is 0 Å². The van der Waals surface area contributed by atoms with Crippen LogP contribution >= 0.6 is 0 Å². The summed E-state index contributed by atoms with van der Waals surface area (Å²) in [7, 11) is 0. The largest absolute Gasteiger partial charge is 0.351 e. The predicted molar refractivity (Wildman–Crippen MR) is 87.6 cm³/mol. The van der Waals surface area contributed by atoms with Gasteiger partial charge in [0.1, 0.15) is 0 Å². The third-order valence-corrected chi connectivity index (χ3v) is 4.58. The number of benzene rings is 1. The number of nitrogens with one attached hydrogen (secondary N) is 2. The summed E-state index contributed by atoms with van der Waals surface area (Å²) < 4.78 is 0. The van der Waals surface area contributed by atoms with E-state index in [0.717, 1.165) is 18.0 Å². The van der Waals surface area contributed by atoms with Gasteiger partial charge in [0.25, 0.3) is 5.91 Å². The second-order valence-corrected chi connectivity index (χ2v) is 6.20. The molecule has 1 aliphatic rings. The SMILES string of the molecule is CCC1CCC(NCCNC(=O)c2ccc(C)cc2)CC1. The zero-order valence-corrected chi connectivity index (χ0v) is 13.3. The van der Waals surface area contributed by atoms with Crippen LogP contribution in [-0.4, -0.2) is 25.0 Å². The Labute approximate surface area is 128 Å². The minimum Gasteiger partial charge on any atom is -0.351 e. The Hall–Kier alpha value is -1.35. The first-order valence-corrected chi connectivity index (χ1v) is 8.27. The highest BCUT2D eigenvalue weighted by atomic mass is 16.1. The van der Waals surface area contributed by atoms with E-state index in [1.165, 1.54) is 37.7 Å². The highest BCUT2D eigenvalue weighted by molar-refractivity contribution is 5.94. The molecule has 1 aromatic carbocycles. The highest BCUT2D eigenvalue weighted by Gasteiger charge is 2.19. The number of amides is 1. The molecular weight excluding hydrogens is 260 g/mol. The van der Waals surface area contributed by atoms with Crippen molar-refractivity contribution in [3.8, 4) is 0 Å². The number of hydrogen-bond acceptors (Lipinski definition) is 2. The van der Waals surface area contributed by atoms with Gasteiger partial charge in [0.2, 0.25) is 0 Å². The average Bonchev–Trinajstić information content (AvgIpc) is 2.52. The fourth-order valence-electron chi connectivity index (χ4n) is 3.03. The molecule has 1 saturated carbocycles. The Bertz CT molecular complexity index is 433. The van der Waals surface area contributed by atoms with E-state index in [9.17, 15) is 4.79 Å². The molecule has 0 unspecified atom stereocenters. The molecule has 2 N–H and O–H groups in total. The van der Waals surface area contributed by atoms with Gasteiger partial charge >= 0.3 is 0 Å². The summed E-state index contributed by atoms with van der Waals surface area (Å²) in [6.45, 7) is 5.87. The van der Waals surface area contributed by atoms with Crippen LogP contribution in [0.1, 0.15) is 54.9 Å². The van der Waals surface area contributed by atoms with Gasteiger partial charge in [-0.15, -0.1) is 0 Å². The summed E-state index contributed by atoms with van der Waals surface area (Å²) in [4.78, 5) is 12.0. The van der Waals surface area contributed by atoms with Gasteiger partial charge in [-0.25, -0.2) is 0 Å². The maximum absolute atomic E-state index is 12.0. The summed E-state index contributed by atoms with van der Waals surface area (Å²) >= 11 is 0. The van der Waals surface area contributed by atoms with Crippen LogP contribution in [0, 0.1) is 12.8 Å². The van der Waals surface area contributed by atoms with Crippen LogP contribution in [0.4, 0.5) is 0 Å². The summed E-state index contributed by atoms with van der Waals surface area (Å²) in [5.41, 5.74) is 1.92. The smallest absolute Gasteiger partial charge is 0.251 e. The van der Waals surface area contributed by atoms with Crippen molar-refractivity contribution in [2.24, 2.45) is 5.92 Å². The van der Waals surface area contributed by atoms with Crippen LogP contribution in [0.5, 0.6) is 0 Å². The fraction of sp³-hybridized carbons (Fsp3) is 0.611. The standard InChI is InChI=1S/C18H28N2O/c1-3-15-6-10-17(11-7-15)19-12-13-20-18(21)16-8-4-14(2)5-9-16/h4-5,8-9,15,17,19H,3,6-7,10-13H2,1-2H3,(H,20,21). The normalized spacial score (nSPS) is 22.0. The van der Waals surface area contributed by atoms with E-state index in [4.69, 9.17) is 0 Å². The van der Waals surface area contributed by atoms with E-state index in [2.05, 4.69) is 17.6 Å². The molecule has 116 valence electrons. The van der Waals surface area contributed by atoms with Crippen molar-refractivity contribution in [2.45, 2.75) is 52.0 Å². The topological polar surface area (TPSA) is 41.1 Å². The molecule has 0 bridgehead atoms. The number of rotatable bonds is 6. The van der Waals surface area contributed by atoms with Gasteiger partial charge < -0.3 is 10.6 Å². The molecule has 0 aliphatic heterocycles. The lowest BCUT2D eigenvalue weighted by atomic mass is 9.84. The fourth-order valence-corrected chi connectivity index (χ4v) is 3.03. The zero-order valence-electron chi connectivity index (χ0n) is 13.3. The minimum absolute atomic E-state index is 0.0199. The first-order chi connectivity index (χ1) is 10.2. The average molecular weight is 288 g/mol. The lowest BCUT2D eigenvalue weighted by molar-refractivity contribution is 0.0953. The van der Waals surface area contributed by atoms with Crippen molar-refractivity contribution in [3.05, 3.63) is 35.4 Å². The van der Waals surface area contributed by atoms with Crippen molar-refractivity contribution < 1.29 is 4.79 Å². The first-order valence-electron chi connectivity index (χ1n) is 8.27. The van der Waals surface area contributed by atoms with Gasteiger partial charge in [-0.3, -0.25) is 4.79 Å². The Morgan fingerprint density at radius 1 is 1.10 bits per heavy atom. The van der Waals surface area contributed by atoms with E-state index in [1.54, 1.807) is 0 Å². The van der Waals surface area contributed by atoms with E-state index < -0.39 is 0 Å². The Balaban J connectivity index is 1.61. The summed E-state index contributed by atoms with van der Waals surface area (Å²) in [5, 5.41) is 6.54. The molecule has 3 heteroatoms. The van der Waals surface area contributed by atoms with Gasteiger partial charge in [-0.1, -0.05) is 31.0 Å². The van der Waals surface area contributed by atoms with Crippen LogP contribution in [0.15, 0.2) is 24.3 Å². The molecule has 1 aromatic rings. The molecule has 0 spiro atoms. The molecule has 1 fully saturated rings. The third-order valence-electron chi connectivity index (χ3n) is 4.58. The van der Waals surface area contributed by atoms with Crippen LogP contribution in [0.3, 0.4) is 0 Å². The molecule has 0 saturated heterocycles. The van der Waals surface area contributed by atoms with Crippen LogP contribution in [0.2, 0.25) is 0 Å². The van der Waals surface area contributed by atoms with Crippen molar-refractivity contribution in [1.82, 2.24) is 10.6 Å². The maximum atomic E-state index is 12.0. The summed E-state index contributed by atoms with van der Waals surface area (Å²) in [5.74, 6) is 0.954. The van der Waals surface area contributed by atoms with E-state index in [1.807, 2.05) is 31.2 Å². The van der Waals surface area contributed by atoms with Crippen LogP contribution in [0.25, 0.3) is 0 Å². The molecule has 0 atom stereocenters. The molecular formula is C18H28N2O. The molecule has 3 nitrogen and oxygen atoms in total. The maximum Gasteiger partial charge on any atom is 0.251 e. The number of aryl methyl sites for hydroxylation is 1. The van der Waals surface area contributed by atoms with Gasteiger partial charge in [0, 0.05) is 24.7 Å². The van der Waals surface area contributed by atoms with Gasteiger partial charge in [-0.2, -0.15) is 0 Å². The van der Waals surface area contributed by atoms with Gasteiger partial charge in [-0.05, 0) is 50.7 Å². The minimum atomic E-state index is 0.0199. The second-order valence-electron chi connectivity index (χ2n) is 6.20. The van der Waals surface area contributed by atoms with Crippen molar-refractivity contribution in [1.29, 1.82) is 0 Å². The lowest BCUT2D eigenvalue weighted by Crippen LogP contribution is -2.38. The van der Waals surface area contributed by atoms with Gasteiger partial charge in [0.05, 0.1) is 0 Å². The molecule has 21 heavy (non-hydrogen) atoms. The van der Waals surface area contributed by atoms with E-state index in [0.29, 0.717) is 12.6 Å². The second kappa shape index (κ2) is 8.18. The molecule has 0 heterocycles. The number of carbonyl (C=O) groups excluding carboxylic acids is 1. The monoisotopic (exact) mass is 288 g/mol. The van der Waals surface area contributed by atoms with Crippen LogP contribution in [-0.2, 0) is 0 Å². The Morgan fingerprint density at radius 2 is 1.76 bits per heavy atom. The molecule has 0 aromatic heterocycles. The molecule has 1 amide bonds. The number of hydrogen-bond donors (Lipinski definition) is 2. The summed E-state index contributed by atoms with van der Waals surface area (Å²) in [6, 6.07) is 8.34. The van der Waals surface area contributed by atoms with Crippen molar-refractivity contribution in [3.63, 3.8) is 0 Å². The Morgan fingerprint density at radius 3 is 2.38 bits per heavy atom. The van der Waals surface area contributed by atoms with Gasteiger partial charge in [0.15, 0.2) is 0 Å². The highest BCUT2D eigenvalue weighted by Crippen LogP contribution is 2.26. The summed E-state index contributed by atoms with van der Waals surface area (Å²) in [6.07, 6.45) is 6.59. The first kappa shape index (κ1) is 16.0. The lowest BCUT2D eigenvalue weighted by Gasteiger charge is -2.28. The van der Waals surface area contributed by atoms with Crippen molar-refractivity contribution >= 4 is 5.91 Å². The zero-order chi connectivity index (χ0) is 15.1. The van der Waals surface area contributed by atoms with E-state index in [-0.39, 0.29) is 5.91 Å². The molecule has 2 rings (SSSR count). The Kier molecular flexibility index (Phi) is 6.24. The molecule has 1 aliphatic carbocycles. The van der Waals surface area contributed by atoms with Crippen molar-refractivity contribution in [2.75, 3.05) is 13.1 Å². The molecule has 0 radical (unpaired) electrons.